The number of hydrogen-bond acceptors (Lipinski definition) is 8. The van der Waals surface area contributed by atoms with Crippen LogP contribution in [0.3, 0.4) is 0 Å². The standard InChI is InChI=1S/C24H20N2O5S4/c1-15(27)19-8-4-6-10-23(19)34(28,29)26(18-12-13-22-21(14-18)25-17(3)33-22)35(30,31)24-11-7-5-9-20(24)16(2)32/h4-14H,1-3H3. The molecule has 0 aliphatic carbocycles. The maximum absolute atomic E-state index is 14.1. The third kappa shape index (κ3) is 4.52. The Kier molecular flexibility index (Phi) is 6.62. The Morgan fingerprint density at radius 3 is 1.97 bits per heavy atom. The molecule has 4 rings (SSSR count). The number of sulfonamides is 2. The number of nitrogens with zero attached hydrogens (tertiary/aromatic N) is 2. The fraction of sp³-hybridized carbons (Fsp3) is 0.125. The van der Waals surface area contributed by atoms with Gasteiger partial charge in [-0.2, -0.15) is 20.5 Å². The third-order valence-electron chi connectivity index (χ3n) is 5.21. The van der Waals surface area contributed by atoms with Crippen LogP contribution in [0.1, 0.15) is 34.8 Å². The highest BCUT2D eigenvalue weighted by Gasteiger charge is 2.40. The number of carbonyl (C=O) groups excluding carboxylic acids is 1. The second kappa shape index (κ2) is 9.23. The molecular weight excluding hydrogens is 525 g/mol. The molecule has 11 heteroatoms. The molecule has 0 atom stereocenters. The zero-order valence-corrected chi connectivity index (χ0v) is 22.2. The zero-order valence-electron chi connectivity index (χ0n) is 18.9. The number of fused-ring (bicyclic) bond motifs is 1. The van der Waals surface area contributed by atoms with Crippen molar-refractivity contribution in [2.45, 2.75) is 30.6 Å². The normalized spacial score (nSPS) is 12.0. The molecule has 3 aromatic carbocycles. The lowest BCUT2D eigenvalue weighted by atomic mass is 10.1. The van der Waals surface area contributed by atoms with E-state index in [1.807, 2.05) is 0 Å². The smallest absolute Gasteiger partial charge is 0.278 e. The van der Waals surface area contributed by atoms with Gasteiger partial charge in [0, 0.05) is 16.0 Å². The lowest BCUT2D eigenvalue weighted by molar-refractivity contribution is 0.101. The van der Waals surface area contributed by atoms with Gasteiger partial charge in [-0.1, -0.05) is 48.6 Å². The summed E-state index contributed by atoms with van der Waals surface area (Å²) in [4.78, 5) is 16.3. The van der Waals surface area contributed by atoms with E-state index in [9.17, 15) is 21.6 Å². The number of anilines is 1. The van der Waals surface area contributed by atoms with Crippen LogP contribution >= 0.6 is 23.6 Å². The first kappa shape index (κ1) is 25.1. The molecular formula is C24H20N2O5S4. The van der Waals surface area contributed by atoms with E-state index in [0.717, 1.165) is 9.71 Å². The number of aryl methyl sites for hydroxylation is 1. The van der Waals surface area contributed by atoms with Crippen LogP contribution in [0.4, 0.5) is 5.69 Å². The summed E-state index contributed by atoms with van der Waals surface area (Å²) in [5, 5.41) is 0.748. The average Bonchev–Trinajstić information content (AvgIpc) is 3.18. The van der Waals surface area contributed by atoms with Crippen LogP contribution in [-0.4, -0.2) is 32.5 Å². The number of aromatic nitrogens is 1. The average molecular weight is 545 g/mol. The topological polar surface area (TPSA) is 101 Å². The van der Waals surface area contributed by atoms with Gasteiger partial charge in [-0.05, 0) is 51.1 Å². The second-order valence-corrected chi connectivity index (χ2v) is 13.3. The van der Waals surface area contributed by atoms with Gasteiger partial charge in [-0.25, -0.2) is 4.98 Å². The van der Waals surface area contributed by atoms with Gasteiger partial charge < -0.3 is 0 Å². The molecule has 180 valence electrons. The number of thiocarbonyl (C=S) groups is 1. The minimum absolute atomic E-state index is 0.113. The Morgan fingerprint density at radius 1 is 0.857 bits per heavy atom. The summed E-state index contributed by atoms with van der Waals surface area (Å²) in [6.07, 6.45) is 0. The van der Waals surface area contributed by atoms with Crippen LogP contribution in [0, 0.1) is 6.92 Å². The van der Waals surface area contributed by atoms with Crippen molar-refractivity contribution in [1.82, 2.24) is 4.98 Å². The van der Waals surface area contributed by atoms with Crippen LogP contribution in [0.15, 0.2) is 76.5 Å². The fourth-order valence-corrected chi connectivity index (χ4v) is 8.89. The molecule has 1 aromatic heterocycles. The highest BCUT2D eigenvalue weighted by Crippen LogP contribution is 2.36. The first-order chi connectivity index (χ1) is 16.4. The molecule has 0 fully saturated rings. The van der Waals surface area contributed by atoms with Crippen LogP contribution in [0.2, 0.25) is 0 Å². The Bertz CT molecular complexity index is 1620. The number of ketones is 1. The zero-order chi connectivity index (χ0) is 25.5. The first-order valence-corrected chi connectivity index (χ1v) is 14.4. The van der Waals surface area contributed by atoms with Crippen LogP contribution in [0.25, 0.3) is 10.2 Å². The number of thiazole rings is 1. The summed E-state index contributed by atoms with van der Waals surface area (Å²) in [5.74, 6) is -0.512. The monoisotopic (exact) mass is 544 g/mol. The van der Waals surface area contributed by atoms with E-state index in [1.165, 1.54) is 72.9 Å². The molecule has 0 unspecified atom stereocenters. The molecule has 0 spiro atoms. The molecule has 0 aliphatic rings. The van der Waals surface area contributed by atoms with Gasteiger partial charge in [0.15, 0.2) is 5.78 Å². The maximum atomic E-state index is 14.1. The molecule has 0 N–H and O–H groups in total. The third-order valence-corrected chi connectivity index (χ3v) is 10.7. The fourth-order valence-electron chi connectivity index (χ4n) is 3.69. The summed E-state index contributed by atoms with van der Waals surface area (Å²) in [7, 11) is -9.50. The van der Waals surface area contributed by atoms with Crippen molar-refractivity contribution < 1.29 is 21.6 Å². The summed E-state index contributed by atoms with van der Waals surface area (Å²) in [6.45, 7) is 4.59. The van der Waals surface area contributed by atoms with E-state index in [1.54, 1.807) is 26.0 Å². The van der Waals surface area contributed by atoms with E-state index in [4.69, 9.17) is 12.2 Å². The largest absolute Gasteiger partial charge is 0.294 e. The molecule has 0 bridgehead atoms. The Hall–Kier alpha value is -2.99. The van der Waals surface area contributed by atoms with Gasteiger partial charge in [0.25, 0.3) is 20.0 Å². The van der Waals surface area contributed by atoms with Gasteiger partial charge in [-0.15, -0.1) is 11.3 Å². The summed E-state index contributed by atoms with van der Waals surface area (Å²) in [5.41, 5.74) is 0.434. The van der Waals surface area contributed by atoms with Gasteiger partial charge in [-0.3, -0.25) is 4.79 Å². The van der Waals surface area contributed by atoms with E-state index in [-0.39, 0.29) is 26.6 Å². The van der Waals surface area contributed by atoms with E-state index in [0.29, 0.717) is 9.23 Å². The Morgan fingerprint density at radius 2 is 1.40 bits per heavy atom. The van der Waals surface area contributed by atoms with Crippen molar-refractivity contribution in [2.24, 2.45) is 0 Å². The summed E-state index contributed by atoms with van der Waals surface area (Å²) >= 11 is 6.65. The molecule has 1 heterocycles. The first-order valence-electron chi connectivity index (χ1n) is 10.3. The van der Waals surface area contributed by atoms with Crippen molar-refractivity contribution >= 4 is 70.2 Å². The van der Waals surface area contributed by atoms with E-state index < -0.39 is 30.7 Å². The predicted molar refractivity (Wildman–Crippen MR) is 141 cm³/mol. The van der Waals surface area contributed by atoms with E-state index >= 15 is 0 Å². The van der Waals surface area contributed by atoms with E-state index in [2.05, 4.69) is 4.98 Å². The number of carbonyl (C=O) groups is 1. The second-order valence-electron chi connectivity index (χ2n) is 7.70. The molecule has 35 heavy (non-hydrogen) atoms. The van der Waals surface area contributed by atoms with Gasteiger partial charge in [0.2, 0.25) is 0 Å². The molecule has 0 aliphatic heterocycles. The minimum Gasteiger partial charge on any atom is -0.294 e. The van der Waals surface area contributed by atoms with Crippen LogP contribution in [0.5, 0.6) is 0 Å². The number of hydrogen-bond donors (Lipinski definition) is 0. The molecule has 0 saturated carbocycles. The molecule has 0 saturated heterocycles. The van der Waals surface area contributed by atoms with Crippen molar-refractivity contribution in [3.63, 3.8) is 0 Å². The Balaban J connectivity index is 2.07. The Labute approximate surface area is 213 Å². The highest BCUT2D eigenvalue weighted by molar-refractivity contribution is 8.10. The molecule has 0 amide bonds. The molecule has 4 aromatic rings. The van der Waals surface area contributed by atoms with Crippen LogP contribution in [-0.2, 0) is 20.0 Å². The lowest BCUT2D eigenvalue weighted by Crippen LogP contribution is -2.38. The van der Waals surface area contributed by atoms with Crippen LogP contribution < -0.4 is 3.71 Å². The van der Waals surface area contributed by atoms with Crippen molar-refractivity contribution in [1.29, 1.82) is 0 Å². The number of rotatable bonds is 7. The van der Waals surface area contributed by atoms with Gasteiger partial charge in [0.1, 0.15) is 0 Å². The number of benzene rings is 3. The SMILES string of the molecule is CC(=O)c1ccccc1S(=O)(=O)N(c1ccc2sc(C)nc2c1)S(=O)(=O)c1ccccc1C(C)=S. The van der Waals surface area contributed by atoms with Crippen molar-refractivity contribution in [3.05, 3.63) is 82.9 Å². The minimum atomic E-state index is -4.78. The quantitative estimate of drug-likeness (QED) is 0.235. The van der Waals surface area contributed by atoms with Gasteiger partial charge >= 0.3 is 0 Å². The summed E-state index contributed by atoms with van der Waals surface area (Å²) in [6, 6.07) is 15.9. The molecule has 7 nitrogen and oxygen atoms in total. The van der Waals surface area contributed by atoms with Crippen molar-refractivity contribution in [3.8, 4) is 0 Å². The highest BCUT2D eigenvalue weighted by atomic mass is 32.3. The van der Waals surface area contributed by atoms with Gasteiger partial charge in [0.05, 0.1) is 30.7 Å². The predicted octanol–water partition coefficient (Wildman–Crippen LogP) is 5.13. The molecule has 0 radical (unpaired) electrons. The maximum Gasteiger partial charge on any atom is 0.278 e. The number of Topliss-reactive ketones (excluding diaryl/α,β-unsaturated/α-hetero) is 1. The summed E-state index contributed by atoms with van der Waals surface area (Å²) < 4.78 is 57.4. The lowest BCUT2D eigenvalue weighted by Gasteiger charge is -2.26. The van der Waals surface area contributed by atoms with Crippen molar-refractivity contribution in [2.75, 3.05) is 3.71 Å².